The molecule has 1 aromatic rings. The van der Waals surface area contributed by atoms with E-state index in [9.17, 15) is 4.79 Å². The van der Waals surface area contributed by atoms with Crippen molar-refractivity contribution < 1.29 is 19.0 Å². The molecular formula is C15H18O4. The van der Waals surface area contributed by atoms with Crippen LogP contribution in [0.25, 0.3) is 0 Å². The minimum atomic E-state index is 0.258. The summed E-state index contributed by atoms with van der Waals surface area (Å²) in [7, 11) is 4.81. The zero-order valence-electron chi connectivity index (χ0n) is 11.5. The van der Waals surface area contributed by atoms with E-state index in [1.807, 2.05) is 6.07 Å². The number of hydrogen-bond donors (Lipinski definition) is 0. The second-order valence-electron chi connectivity index (χ2n) is 5.23. The van der Waals surface area contributed by atoms with E-state index in [0.717, 1.165) is 24.0 Å². The molecule has 3 rings (SSSR count). The fourth-order valence-electron chi connectivity index (χ4n) is 3.10. The molecule has 0 aliphatic heterocycles. The molecule has 0 N–H and O–H groups in total. The first-order valence-corrected chi connectivity index (χ1v) is 6.53. The van der Waals surface area contributed by atoms with Crippen molar-refractivity contribution in [2.24, 2.45) is 11.8 Å². The maximum atomic E-state index is 12.1. The maximum absolute atomic E-state index is 12.1. The number of ether oxygens (including phenoxy) is 3. The Labute approximate surface area is 112 Å². The Morgan fingerprint density at radius 3 is 2.47 bits per heavy atom. The van der Waals surface area contributed by atoms with Gasteiger partial charge in [0.2, 0.25) is 5.75 Å². The van der Waals surface area contributed by atoms with Gasteiger partial charge in [0.05, 0.1) is 21.3 Å². The SMILES string of the molecule is COc1cc2c(c(OC)c1OC)CC(=O)C1CC1C2. The van der Waals surface area contributed by atoms with Crippen molar-refractivity contribution >= 4 is 5.78 Å². The van der Waals surface area contributed by atoms with E-state index in [1.54, 1.807) is 21.3 Å². The average molecular weight is 262 g/mol. The molecular weight excluding hydrogens is 244 g/mol. The van der Waals surface area contributed by atoms with Crippen LogP contribution in [-0.2, 0) is 17.6 Å². The highest BCUT2D eigenvalue weighted by atomic mass is 16.5. The van der Waals surface area contributed by atoms with Crippen LogP contribution in [0.5, 0.6) is 17.2 Å². The summed E-state index contributed by atoms with van der Waals surface area (Å²) in [6, 6.07) is 1.99. The topological polar surface area (TPSA) is 44.8 Å². The third-order valence-electron chi connectivity index (χ3n) is 4.19. The van der Waals surface area contributed by atoms with Crippen LogP contribution in [0.1, 0.15) is 17.5 Å². The first-order chi connectivity index (χ1) is 9.19. The van der Waals surface area contributed by atoms with Crippen LogP contribution in [0.2, 0.25) is 0 Å². The highest BCUT2D eigenvalue weighted by molar-refractivity contribution is 5.88. The molecule has 0 aromatic heterocycles. The molecule has 1 fully saturated rings. The number of hydrogen-bond acceptors (Lipinski definition) is 4. The first-order valence-electron chi connectivity index (χ1n) is 6.53. The van der Waals surface area contributed by atoms with Crippen molar-refractivity contribution in [1.82, 2.24) is 0 Å². The Morgan fingerprint density at radius 2 is 1.84 bits per heavy atom. The molecule has 102 valence electrons. The predicted octanol–water partition coefficient (Wildman–Crippen LogP) is 2.02. The maximum Gasteiger partial charge on any atom is 0.203 e. The van der Waals surface area contributed by atoms with E-state index < -0.39 is 0 Å². The van der Waals surface area contributed by atoms with E-state index in [2.05, 4.69) is 0 Å². The molecule has 4 nitrogen and oxygen atoms in total. The summed E-state index contributed by atoms with van der Waals surface area (Å²) < 4.78 is 16.2. The Hall–Kier alpha value is -1.71. The van der Waals surface area contributed by atoms with Gasteiger partial charge in [-0.25, -0.2) is 0 Å². The lowest BCUT2D eigenvalue weighted by Crippen LogP contribution is -2.08. The monoisotopic (exact) mass is 262 g/mol. The standard InChI is InChI=1S/C15H18O4/c1-17-13-6-9-4-8-5-10(8)12(16)7-11(9)14(18-2)15(13)19-3/h6,8,10H,4-5,7H2,1-3H3. The molecule has 2 aliphatic rings. The lowest BCUT2D eigenvalue weighted by molar-refractivity contribution is -0.119. The average Bonchev–Trinajstić information content (AvgIpc) is 3.18. The fraction of sp³-hybridized carbons (Fsp3) is 0.533. The lowest BCUT2D eigenvalue weighted by Gasteiger charge is -2.18. The van der Waals surface area contributed by atoms with Gasteiger partial charge in [0.1, 0.15) is 5.78 Å². The van der Waals surface area contributed by atoms with Gasteiger partial charge in [-0.1, -0.05) is 0 Å². The van der Waals surface area contributed by atoms with Gasteiger partial charge < -0.3 is 14.2 Å². The molecule has 0 heterocycles. The van der Waals surface area contributed by atoms with Crippen LogP contribution >= 0.6 is 0 Å². The molecule has 0 bridgehead atoms. The van der Waals surface area contributed by atoms with E-state index in [1.165, 1.54) is 0 Å². The molecule has 0 spiro atoms. The van der Waals surface area contributed by atoms with Gasteiger partial charge in [0, 0.05) is 17.9 Å². The number of benzene rings is 1. The molecule has 2 atom stereocenters. The summed E-state index contributed by atoms with van der Waals surface area (Å²) >= 11 is 0. The summed E-state index contributed by atoms with van der Waals surface area (Å²) in [6.07, 6.45) is 2.41. The van der Waals surface area contributed by atoms with Crippen LogP contribution in [-0.4, -0.2) is 27.1 Å². The number of ketones is 1. The Balaban J connectivity index is 2.16. The van der Waals surface area contributed by atoms with E-state index in [0.29, 0.717) is 35.4 Å². The van der Waals surface area contributed by atoms with Crippen LogP contribution < -0.4 is 14.2 Å². The molecule has 1 saturated carbocycles. The third-order valence-corrected chi connectivity index (χ3v) is 4.19. The summed E-state index contributed by atoms with van der Waals surface area (Å²) in [6.45, 7) is 0. The Kier molecular flexibility index (Phi) is 2.88. The molecule has 2 aliphatic carbocycles. The quantitative estimate of drug-likeness (QED) is 0.836. The zero-order valence-corrected chi connectivity index (χ0v) is 11.5. The van der Waals surface area contributed by atoms with Crippen molar-refractivity contribution in [2.75, 3.05) is 21.3 Å². The summed E-state index contributed by atoms with van der Waals surface area (Å²) in [5.41, 5.74) is 2.13. The van der Waals surface area contributed by atoms with Gasteiger partial charge in [0.25, 0.3) is 0 Å². The van der Waals surface area contributed by atoms with Crippen LogP contribution in [0, 0.1) is 11.8 Å². The van der Waals surface area contributed by atoms with Crippen LogP contribution in [0.4, 0.5) is 0 Å². The van der Waals surface area contributed by atoms with Crippen molar-refractivity contribution in [3.8, 4) is 17.2 Å². The third kappa shape index (κ3) is 1.86. The molecule has 0 amide bonds. The lowest BCUT2D eigenvalue weighted by atomic mass is 9.98. The number of fused-ring (bicyclic) bond motifs is 2. The van der Waals surface area contributed by atoms with Gasteiger partial charge in [-0.15, -0.1) is 0 Å². The number of carbonyl (C=O) groups is 1. The molecule has 1 aromatic carbocycles. The fourth-order valence-corrected chi connectivity index (χ4v) is 3.10. The summed E-state index contributed by atoms with van der Waals surface area (Å²) in [5, 5.41) is 0. The highest BCUT2D eigenvalue weighted by Crippen LogP contribution is 2.50. The predicted molar refractivity (Wildman–Crippen MR) is 70.1 cm³/mol. The molecule has 0 radical (unpaired) electrons. The Bertz CT molecular complexity index is 535. The molecule has 4 heteroatoms. The van der Waals surface area contributed by atoms with E-state index >= 15 is 0 Å². The number of methoxy groups -OCH3 is 3. The normalized spacial score (nSPS) is 24.1. The van der Waals surface area contributed by atoms with E-state index in [4.69, 9.17) is 14.2 Å². The van der Waals surface area contributed by atoms with Gasteiger partial charge in [-0.05, 0) is 30.4 Å². The zero-order chi connectivity index (χ0) is 13.6. The van der Waals surface area contributed by atoms with Gasteiger partial charge in [-0.3, -0.25) is 4.79 Å². The van der Waals surface area contributed by atoms with Crippen molar-refractivity contribution in [2.45, 2.75) is 19.3 Å². The van der Waals surface area contributed by atoms with Gasteiger partial charge >= 0.3 is 0 Å². The number of carbonyl (C=O) groups excluding carboxylic acids is 1. The Morgan fingerprint density at radius 1 is 1.11 bits per heavy atom. The number of rotatable bonds is 3. The summed E-state index contributed by atoms with van der Waals surface area (Å²) in [5.74, 6) is 2.99. The highest BCUT2D eigenvalue weighted by Gasteiger charge is 2.45. The van der Waals surface area contributed by atoms with Gasteiger partial charge in [0.15, 0.2) is 11.5 Å². The van der Waals surface area contributed by atoms with E-state index in [-0.39, 0.29) is 5.92 Å². The van der Waals surface area contributed by atoms with Crippen molar-refractivity contribution in [1.29, 1.82) is 0 Å². The smallest absolute Gasteiger partial charge is 0.203 e. The summed E-state index contributed by atoms with van der Waals surface area (Å²) in [4.78, 5) is 12.1. The number of Topliss-reactive ketones (excluding diaryl/α,β-unsaturated/α-hetero) is 1. The second-order valence-corrected chi connectivity index (χ2v) is 5.23. The largest absolute Gasteiger partial charge is 0.493 e. The van der Waals surface area contributed by atoms with Crippen molar-refractivity contribution in [3.63, 3.8) is 0 Å². The molecule has 2 unspecified atom stereocenters. The molecule has 0 saturated heterocycles. The van der Waals surface area contributed by atoms with Crippen molar-refractivity contribution in [3.05, 3.63) is 17.2 Å². The second kappa shape index (κ2) is 4.44. The van der Waals surface area contributed by atoms with Crippen LogP contribution in [0.15, 0.2) is 6.07 Å². The molecule has 19 heavy (non-hydrogen) atoms. The minimum absolute atomic E-state index is 0.258. The van der Waals surface area contributed by atoms with Gasteiger partial charge in [-0.2, -0.15) is 0 Å². The first kappa shape index (κ1) is 12.3. The minimum Gasteiger partial charge on any atom is -0.493 e. The van der Waals surface area contributed by atoms with Crippen LogP contribution in [0.3, 0.4) is 0 Å².